The monoisotopic (exact) mass is 238 g/mol. The minimum absolute atomic E-state index is 0.112. The first kappa shape index (κ1) is 13.8. The van der Waals surface area contributed by atoms with E-state index in [1.165, 1.54) is 12.1 Å². The summed E-state index contributed by atoms with van der Waals surface area (Å²) in [6, 6.07) is 6.17. The molecule has 0 aliphatic rings. The van der Waals surface area contributed by atoms with Crippen molar-refractivity contribution in [1.29, 1.82) is 0 Å². The van der Waals surface area contributed by atoms with Crippen LogP contribution in [0.2, 0.25) is 0 Å². The summed E-state index contributed by atoms with van der Waals surface area (Å²) < 4.78 is 18.2. The molecule has 0 atom stereocenters. The lowest BCUT2D eigenvalue weighted by Crippen LogP contribution is -2.23. The minimum atomic E-state index is -0.299. The Kier molecular flexibility index (Phi) is 4.82. The molecule has 1 aromatic carbocycles. The molecule has 3 heteroatoms. The molecular weight excluding hydrogens is 219 g/mol. The van der Waals surface area contributed by atoms with Crippen LogP contribution >= 0.6 is 0 Å². The van der Waals surface area contributed by atoms with Crippen LogP contribution < -0.4 is 0 Å². The maximum Gasteiger partial charge on any atom is 0.137 e. The lowest BCUT2D eigenvalue weighted by atomic mass is 9.98. The van der Waals surface area contributed by atoms with Crippen molar-refractivity contribution >= 4 is 5.78 Å². The summed E-state index contributed by atoms with van der Waals surface area (Å²) in [6.07, 6.45) is 1.42. The van der Waals surface area contributed by atoms with Crippen molar-refractivity contribution in [3.05, 3.63) is 35.6 Å². The van der Waals surface area contributed by atoms with Gasteiger partial charge in [0.1, 0.15) is 11.6 Å². The molecule has 0 bridgehead atoms. The quantitative estimate of drug-likeness (QED) is 0.761. The maximum atomic E-state index is 12.9. The van der Waals surface area contributed by atoms with Crippen LogP contribution in [0.1, 0.15) is 32.3 Å². The first-order valence-corrected chi connectivity index (χ1v) is 5.74. The summed E-state index contributed by atoms with van der Waals surface area (Å²) in [4.78, 5) is 11.7. The summed E-state index contributed by atoms with van der Waals surface area (Å²) >= 11 is 0. The van der Waals surface area contributed by atoms with Crippen LogP contribution in [0.4, 0.5) is 4.39 Å². The van der Waals surface area contributed by atoms with Crippen molar-refractivity contribution in [2.75, 3.05) is 7.11 Å². The number of carbonyl (C=O) groups excluding carboxylic acids is 1. The van der Waals surface area contributed by atoms with Crippen molar-refractivity contribution < 1.29 is 13.9 Å². The number of methoxy groups -OCH3 is 1. The Morgan fingerprint density at radius 3 is 2.71 bits per heavy atom. The molecule has 0 aromatic heterocycles. The van der Waals surface area contributed by atoms with Crippen molar-refractivity contribution in [2.45, 2.75) is 38.7 Å². The Labute approximate surface area is 102 Å². The van der Waals surface area contributed by atoms with Crippen LogP contribution in [-0.4, -0.2) is 18.5 Å². The number of benzene rings is 1. The van der Waals surface area contributed by atoms with Gasteiger partial charge in [-0.05, 0) is 38.0 Å². The van der Waals surface area contributed by atoms with Crippen LogP contribution in [0.15, 0.2) is 24.3 Å². The zero-order chi connectivity index (χ0) is 12.9. The zero-order valence-corrected chi connectivity index (χ0v) is 10.6. The molecule has 17 heavy (non-hydrogen) atoms. The van der Waals surface area contributed by atoms with Gasteiger partial charge in [-0.1, -0.05) is 12.1 Å². The van der Waals surface area contributed by atoms with Gasteiger partial charge >= 0.3 is 0 Å². The molecule has 0 unspecified atom stereocenters. The number of ketones is 1. The molecule has 1 aromatic rings. The average molecular weight is 238 g/mol. The molecular formula is C14H19FO2. The van der Waals surface area contributed by atoms with Gasteiger partial charge in [-0.2, -0.15) is 0 Å². The second kappa shape index (κ2) is 5.92. The van der Waals surface area contributed by atoms with Gasteiger partial charge in [0.25, 0.3) is 0 Å². The van der Waals surface area contributed by atoms with Gasteiger partial charge in [0.15, 0.2) is 0 Å². The molecule has 0 spiro atoms. The third-order valence-corrected chi connectivity index (χ3v) is 2.85. The SMILES string of the molecule is COC(C)(C)CCC(=O)Cc1cccc(F)c1. The smallest absolute Gasteiger partial charge is 0.137 e. The highest BCUT2D eigenvalue weighted by atomic mass is 19.1. The normalized spacial score (nSPS) is 11.5. The highest BCUT2D eigenvalue weighted by Crippen LogP contribution is 2.16. The van der Waals surface area contributed by atoms with Crippen LogP contribution in [0.25, 0.3) is 0 Å². The van der Waals surface area contributed by atoms with Gasteiger partial charge in [0.05, 0.1) is 5.60 Å². The van der Waals surface area contributed by atoms with E-state index in [4.69, 9.17) is 4.74 Å². The fourth-order valence-electron chi connectivity index (χ4n) is 1.51. The van der Waals surface area contributed by atoms with Crippen LogP contribution in [-0.2, 0) is 16.0 Å². The summed E-state index contributed by atoms with van der Waals surface area (Å²) in [7, 11) is 1.64. The second-order valence-corrected chi connectivity index (χ2v) is 4.81. The maximum absolute atomic E-state index is 12.9. The molecule has 0 aliphatic heterocycles. The van der Waals surface area contributed by atoms with E-state index < -0.39 is 0 Å². The van der Waals surface area contributed by atoms with E-state index in [-0.39, 0.29) is 23.6 Å². The Morgan fingerprint density at radius 2 is 2.12 bits per heavy atom. The molecule has 0 heterocycles. The number of halogens is 1. The Hall–Kier alpha value is -1.22. The second-order valence-electron chi connectivity index (χ2n) is 4.81. The Balaban J connectivity index is 2.45. The molecule has 2 nitrogen and oxygen atoms in total. The lowest BCUT2D eigenvalue weighted by Gasteiger charge is -2.22. The third kappa shape index (κ3) is 5.09. The van der Waals surface area contributed by atoms with E-state index in [1.54, 1.807) is 19.2 Å². The molecule has 94 valence electrons. The minimum Gasteiger partial charge on any atom is -0.379 e. The fourth-order valence-corrected chi connectivity index (χ4v) is 1.51. The summed E-state index contributed by atoms with van der Waals surface area (Å²) in [5.41, 5.74) is 0.447. The molecule has 1 rings (SSSR count). The molecule has 0 N–H and O–H groups in total. The van der Waals surface area contributed by atoms with E-state index in [9.17, 15) is 9.18 Å². The molecule has 0 saturated carbocycles. The molecule has 0 amide bonds. The number of hydrogen-bond acceptors (Lipinski definition) is 2. The fraction of sp³-hybridized carbons (Fsp3) is 0.500. The van der Waals surface area contributed by atoms with E-state index in [2.05, 4.69) is 0 Å². The topological polar surface area (TPSA) is 26.3 Å². The van der Waals surface area contributed by atoms with Gasteiger partial charge in [-0.25, -0.2) is 4.39 Å². The largest absolute Gasteiger partial charge is 0.379 e. The number of rotatable bonds is 6. The highest BCUT2D eigenvalue weighted by molar-refractivity contribution is 5.80. The average Bonchev–Trinajstić information content (AvgIpc) is 2.27. The predicted molar refractivity (Wildman–Crippen MR) is 65.4 cm³/mol. The Bertz CT molecular complexity index is 386. The van der Waals surface area contributed by atoms with Crippen molar-refractivity contribution in [1.82, 2.24) is 0 Å². The molecule has 0 radical (unpaired) electrons. The van der Waals surface area contributed by atoms with Crippen molar-refractivity contribution in [3.63, 3.8) is 0 Å². The van der Waals surface area contributed by atoms with Crippen molar-refractivity contribution in [3.8, 4) is 0 Å². The van der Waals surface area contributed by atoms with Gasteiger partial charge < -0.3 is 4.74 Å². The Morgan fingerprint density at radius 1 is 1.41 bits per heavy atom. The van der Waals surface area contributed by atoms with Crippen molar-refractivity contribution in [2.24, 2.45) is 0 Å². The molecule has 0 aliphatic carbocycles. The predicted octanol–water partition coefficient (Wildman–Crippen LogP) is 3.14. The van der Waals surface area contributed by atoms with E-state index >= 15 is 0 Å². The van der Waals surface area contributed by atoms with E-state index in [1.807, 2.05) is 13.8 Å². The summed E-state index contributed by atoms with van der Waals surface area (Å²) in [6.45, 7) is 3.89. The first-order valence-electron chi connectivity index (χ1n) is 5.74. The van der Waals surface area contributed by atoms with Gasteiger partial charge in [-0.15, -0.1) is 0 Å². The molecule has 0 saturated heterocycles. The van der Waals surface area contributed by atoms with E-state index in [0.29, 0.717) is 12.8 Å². The van der Waals surface area contributed by atoms with Crippen LogP contribution in [0.3, 0.4) is 0 Å². The van der Waals surface area contributed by atoms with Gasteiger partial charge in [0, 0.05) is 20.0 Å². The number of ether oxygens (including phenoxy) is 1. The number of Topliss-reactive ketones (excluding diaryl/α,β-unsaturated/α-hetero) is 1. The van der Waals surface area contributed by atoms with Crippen LogP contribution in [0, 0.1) is 5.82 Å². The standard InChI is InChI=1S/C14H19FO2/c1-14(2,17-3)8-7-13(16)10-11-5-4-6-12(15)9-11/h4-6,9H,7-8,10H2,1-3H3. The zero-order valence-electron chi connectivity index (χ0n) is 10.6. The van der Waals surface area contributed by atoms with E-state index in [0.717, 1.165) is 5.56 Å². The van der Waals surface area contributed by atoms with Gasteiger partial charge in [0.2, 0.25) is 0 Å². The van der Waals surface area contributed by atoms with Crippen LogP contribution in [0.5, 0.6) is 0 Å². The third-order valence-electron chi connectivity index (χ3n) is 2.85. The molecule has 0 fully saturated rings. The highest BCUT2D eigenvalue weighted by Gasteiger charge is 2.17. The number of carbonyl (C=O) groups is 1. The van der Waals surface area contributed by atoms with Gasteiger partial charge in [-0.3, -0.25) is 4.79 Å². The first-order chi connectivity index (χ1) is 7.93. The lowest BCUT2D eigenvalue weighted by molar-refractivity contribution is -0.119. The number of hydrogen-bond donors (Lipinski definition) is 0. The summed E-state index contributed by atoms with van der Waals surface area (Å²) in [5.74, 6) is -0.187. The summed E-state index contributed by atoms with van der Waals surface area (Å²) in [5, 5.41) is 0.